The van der Waals surface area contributed by atoms with E-state index in [9.17, 15) is 14.0 Å². The topological polar surface area (TPSA) is 116 Å². The molecule has 2 amide bonds. The minimum atomic E-state index is -1.24. The van der Waals surface area contributed by atoms with Gasteiger partial charge >= 0.3 is 0 Å². The summed E-state index contributed by atoms with van der Waals surface area (Å²) < 4.78 is 13.8. The van der Waals surface area contributed by atoms with Crippen molar-refractivity contribution in [1.82, 2.24) is 16.1 Å². The fourth-order valence-electron chi connectivity index (χ4n) is 3.34. The zero-order valence-electron chi connectivity index (χ0n) is 19.5. The van der Waals surface area contributed by atoms with E-state index < -0.39 is 23.5 Å². The molecule has 1 aliphatic carbocycles. The third-order valence-corrected chi connectivity index (χ3v) is 5.49. The van der Waals surface area contributed by atoms with Crippen LogP contribution >= 0.6 is 0 Å². The van der Waals surface area contributed by atoms with E-state index in [0.717, 1.165) is 22.3 Å². The first-order chi connectivity index (χ1) is 16.8. The van der Waals surface area contributed by atoms with Crippen molar-refractivity contribution >= 4 is 11.8 Å². The molecule has 0 bridgehead atoms. The first-order valence-electron chi connectivity index (χ1n) is 11.2. The molecule has 8 heteroatoms. The van der Waals surface area contributed by atoms with Crippen LogP contribution in [-0.2, 0) is 11.3 Å². The summed E-state index contributed by atoms with van der Waals surface area (Å²) in [4.78, 5) is 23.7. The first kappa shape index (κ1) is 25.8. The molecule has 0 aliphatic heterocycles. The Morgan fingerprint density at radius 2 is 1.71 bits per heavy atom. The van der Waals surface area contributed by atoms with Crippen molar-refractivity contribution < 1.29 is 19.2 Å². The second kappa shape index (κ2) is 12.1. The fraction of sp³-hybridized carbons (Fsp3) is 0.259. The van der Waals surface area contributed by atoms with Gasteiger partial charge in [-0.3, -0.25) is 14.8 Å². The van der Waals surface area contributed by atoms with E-state index in [-0.39, 0.29) is 6.54 Å². The molecule has 0 saturated heterocycles. The van der Waals surface area contributed by atoms with E-state index in [1.54, 1.807) is 37.3 Å². The molecule has 2 atom stereocenters. The van der Waals surface area contributed by atoms with Gasteiger partial charge in [0.05, 0.1) is 0 Å². The summed E-state index contributed by atoms with van der Waals surface area (Å²) in [7, 11) is 0. The summed E-state index contributed by atoms with van der Waals surface area (Å²) in [6.07, 6.45) is 5.77. The molecule has 0 saturated carbocycles. The van der Waals surface area contributed by atoms with Gasteiger partial charge in [-0.25, -0.2) is 9.87 Å². The molecule has 3 rings (SSSR count). The lowest BCUT2D eigenvalue weighted by Gasteiger charge is -2.19. The van der Waals surface area contributed by atoms with Gasteiger partial charge in [0, 0.05) is 42.7 Å². The van der Waals surface area contributed by atoms with E-state index in [2.05, 4.69) is 22.5 Å². The number of carbonyl (C=O) groups is 2. The average Bonchev–Trinajstić information content (AvgIpc) is 2.87. The zero-order valence-corrected chi connectivity index (χ0v) is 19.5. The number of nitrogens with one attached hydrogen (secondary N) is 3. The maximum Gasteiger partial charge on any atom is 0.267 e. The van der Waals surface area contributed by atoms with Crippen LogP contribution in [-0.4, -0.2) is 41.8 Å². The minimum absolute atomic E-state index is 0.147. The zero-order chi connectivity index (χ0) is 25.3. The number of benzene rings is 2. The van der Waals surface area contributed by atoms with Crippen LogP contribution in [0.1, 0.15) is 40.4 Å². The van der Waals surface area contributed by atoms with Crippen LogP contribution in [0, 0.1) is 11.8 Å². The molecule has 6 N–H and O–H groups in total. The highest BCUT2D eigenvalue weighted by Crippen LogP contribution is 2.23. The Morgan fingerprint density at radius 3 is 2.26 bits per heavy atom. The number of rotatable bonds is 8. The van der Waals surface area contributed by atoms with E-state index in [4.69, 9.17) is 10.9 Å². The molecule has 0 fully saturated rings. The molecule has 0 aromatic heterocycles. The first-order valence-corrected chi connectivity index (χ1v) is 11.2. The quantitative estimate of drug-likeness (QED) is 0.228. The Kier molecular flexibility index (Phi) is 8.92. The molecule has 7 nitrogen and oxygen atoms in total. The van der Waals surface area contributed by atoms with Gasteiger partial charge in [-0.05, 0) is 60.5 Å². The Bertz CT molecular complexity index is 1160. The predicted molar refractivity (Wildman–Crippen MR) is 132 cm³/mol. The van der Waals surface area contributed by atoms with Crippen molar-refractivity contribution in [3.63, 3.8) is 0 Å². The van der Waals surface area contributed by atoms with Gasteiger partial charge in [0.15, 0.2) is 0 Å². The van der Waals surface area contributed by atoms with Crippen LogP contribution in [0.4, 0.5) is 4.39 Å². The highest BCUT2D eigenvalue weighted by Gasteiger charge is 2.20. The third-order valence-electron chi connectivity index (χ3n) is 5.49. The Morgan fingerprint density at radius 1 is 1.09 bits per heavy atom. The van der Waals surface area contributed by atoms with Crippen molar-refractivity contribution in [1.29, 1.82) is 0 Å². The van der Waals surface area contributed by atoms with Crippen molar-refractivity contribution in [2.45, 2.75) is 31.6 Å². The lowest BCUT2D eigenvalue weighted by Crippen LogP contribution is -2.50. The van der Waals surface area contributed by atoms with Crippen LogP contribution in [0.15, 0.2) is 72.3 Å². The van der Waals surface area contributed by atoms with Crippen LogP contribution in [0.3, 0.4) is 0 Å². The smallest absolute Gasteiger partial charge is 0.267 e. The van der Waals surface area contributed by atoms with Gasteiger partial charge in [-0.2, -0.15) is 0 Å². The summed E-state index contributed by atoms with van der Waals surface area (Å²) in [5.41, 5.74) is 9.80. The van der Waals surface area contributed by atoms with E-state index in [0.29, 0.717) is 25.1 Å². The molecule has 0 spiro atoms. The van der Waals surface area contributed by atoms with E-state index in [1.165, 1.54) is 5.48 Å². The van der Waals surface area contributed by atoms with Gasteiger partial charge in [0.1, 0.15) is 11.7 Å². The molecule has 0 heterocycles. The molecule has 1 unspecified atom stereocenters. The molecule has 1 aliphatic rings. The highest BCUT2D eigenvalue weighted by atomic mass is 19.1. The summed E-state index contributed by atoms with van der Waals surface area (Å²) in [5.74, 6) is 4.89. The Hall–Kier alpha value is -3.77. The standard InChI is InChI=1S/C27H29FN4O3/c1-27(28)14-12-22(13-15-27)18-30-17-21-6-4-19(5-7-21)2-3-20-8-10-23(11-9-20)25(33)31-24(16-29)26(34)32-35/h4-14,24,30,35H,15-18,29H2,1H3,(H,31,33)(H,32,34)/t24-,27?/m0/s1. The van der Waals surface area contributed by atoms with Gasteiger partial charge < -0.3 is 16.4 Å². The monoisotopic (exact) mass is 476 g/mol. The molecule has 2 aromatic rings. The normalized spacial score (nSPS) is 17.5. The van der Waals surface area contributed by atoms with Gasteiger partial charge in [0.25, 0.3) is 11.8 Å². The summed E-state index contributed by atoms with van der Waals surface area (Å²) >= 11 is 0. The summed E-state index contributed by atoms with van der Waals surface area (Å²) in [6, 6.07) is 13.5. The molecule has 0 radical (unpaired) electrons. The van der Waals surface area contributed by atoms with E-state index >= 15 is 0 Å². The van der Waals surface area contributed by atoms with Crippen LogP contribution in [0.5, 0.6) is 0 Å². The minimum Gasteiger partial charge on any atom is -0.339 e. The van der Waals surface area contributed by atoms with Crippen molar-refractivity contribution in [2.24, 2.45) is 5.73 Å². The largest absolute Gasteiger partial charge is 0.339 e. The maximum atomic E-state index is 13.8. The lowest BCUT2D eigenvalue weighted by molar-refractivity contribution is -0.130. The van der Waals surface area contributed by atoms with Crippen LogP contribution in [0.25, 0.3) is 0 Å². The number of hydrogen-bond acceptors (Lipinski definition) is 5. The molecule has 35 heavy (non-hydrogen) atoms. The number of hydrogen-bond donors (Lipinski definition) is 5. The number of nitrogens with two attached hydrogens (primary N) is 1. The molecule has 2 aromatic carbocycles. The SMILES string of the molecule is CC1(F)C=CC(CNCc2ccc(C#Cc3ccc(C(=O)N[C@@H](CN)C(=O)NO)cc3)cc2)=CC1. The number of alkyl halides is 1. The van der Waals surface area contributed by atoms with Crippen molar-refractivity contribution in [3.05, 3.63) is 94.6 Å². The molecular formula is C27H29FN4O3. The second-order valence-corrected chi connectivity index (χ2v) is 8.46. The average molecular weight is 477 g/mol. The highest BCUT2D eigenvalue weighted by molar-refractivity contribution is 5.97. The Balaban J connectivity index is 1.50. The third kappa shape index (κ3) is 7.90. The fourth-order valence-corrected chi connectivity index (χ4v) is 3.34. The Labute approximate surface area is 204 Å². The number of amides is 2. The van der Waals surface area contributed by atoms with Gasteiger partial charge in [-0.1, -0.05) is 36.1 Å². The second-order valence-electron chi connectivity index (χ2n) is 8.46. The molecule has 182 valence electrons. The number of allylic oxidation sites excluding steroid dienone is 2. The van der Waals surface area contributed by atoms with Gasteiger partial charge in [0.2, 0.25) is 0 Å². The van der Waals surface area contributed by atoms with Crippen molar-refractivity contribution in [3.8, 4) is 11.8 Å². The van der Waals surface area contributed by atoms with Crippen LogP contribution in [0.2, 0.25) is 0 Å². The van der Waals surface area contributed by atoms with E-state index in [1.807, 2.05) is 36.4 Å². The number of hydroxylamine groups is 1. The molecular weight excluding hydrogens is 447 g/mol. The maximum absolute atomic E-state index is 13.8. The van der Waals surface area contributed by atoms with Crippen molar-refractivity contribution in [2.75, 3.05) is 13.1 Å². The predicted octanol–water partition coefficient (Wildman–Crippen LogP) is 2.35. The summed E-state index contributed by atoms with van der Waals surface area (Å²) in [5, 5.41) is 14.5. The van der Waals surface area contributed by atoms with Crippen LogP contribution < -0.4 is 21.8 Å². The summed E-state index contributed by atoms with van der Waals surface area (Å²) in [6.45, 7) is 2.81. The number of carbonyl (C=O) groups excluding carboxylic acids is 2. The number of halogens is 1. The lowest BCUT2D eigenvalue weighted by atomic mass is 9.96. The van der Waals surface area contributed by atoms with Gasteiger partial charge in [-0.15, -0.1) is 0 Å².